The topological polar surface area (TPSA) is 65.1 Å². The Labute approximate surface area is 121 Å². The molecule has 0 aliphatic carbocycles. The van der Waals surface area contributed by atoms with E-state index in [2.05, 4.69) is 23.2 Å². The molecule has 1 aromatic heterocycles. The van der Waals surface area contributed by atoms with Gasteiger partial charge < -0.3 is 4.98 Å². The van der Waals surface area contributed by atoms with Crippen LogP contribution in [0.15, 0.2) is 60.8 Å². The fourth-order valence-corrected chi connectivity index (χ4v) is 2.23. The highest BCUT2D eigenvalue weighted by molar-refractivity contribution is 5.91. The van der Waals surface area contributed by atoms with Crippen LogP contribution in [-0.2, 0) is 4.79 Å². The van der Waals surface area contributed by atoms with Crippen LogP contribution in [0.25, 0.3) is 28.1 Å². The number of amides is 1. The molecule has 1 heterocycles. The molecule has 2 aromatic carbocycles. The zero-order valence-corrected chi connectivity index (χ0v) is 11.2. The van der Waals surface area contributed by atoms with E-state index < -0.39 is 5.91 Å². The van der Waals surface area contributed by atoms with Crippen LogP contribution >= 0.6 is 0 Å². The molecule has 4 heteroatoms. The lowest BCUT2D eigenvalue weighted by Crippen LogP contribution is -2.14. The summed E-state index contributed by atoms with van der Waals surface area (Å²) >= 11 is 0. The molecule has 0 fully saturated rings. The molecule has 3 rings (SSSR count). The highest BCUT2D eigenvalue weighted by Crippen LogP contribution is 2.24. The fourth-order valence-electron chi connectivity index (χ4n) is 2.23. The van der Waals surface area contributed by atoms with E-state index in [9.17, 15) is 4.79 Å². The van der Waals surface area contributed by atoms with Gasteiger partial charge in [-0.25, -0.2) is 5.48 Å². The Bertz CT molecular complexity index is 801. The van der Waals surface area contributed by atoms with Crippen molar-refractivity contribution in [2.24, 2.45) is 0 Å². The van der Waals surface area contributed by atoms with Crippen molar-refractivity contribution in [1.82, 2.24) is 10.5 Å². The van der Waals surface area contributed by atoms with Crippen LogP contribution in [0.4, 0.5) is 0 Å². The summed E-state index contributed by atoms with van der Waals surface area (Å²) in [5, 5.41) is 9.60. The lowest BCUT2D eigenvalue weighted by molar-refractivity contribution is -0.124. The minimum Gasteiger partial charge on any atom is -0.361 e. The maximum Gasteiger partial charge on any atom is 0.267 e. The monoisotopic (exact) mass is 278 g/mol. The average molecular weight is 278 g/mol. The molecule has 4 nitrogen and oxygen atoms in total. The molecule has 104 valence electrons. The Morgan fingerprint density at radius 1 is 1.05 bits per heavy atom. The van der Waals surface area contributed by atoms with Gasteiger partial charge in [0.25, 0.3) is 5.91 Å². The fraction of sp³-hybridized carbons (Fsp3) is 0. The van der Waals surface area contributed by atoms with Crippen molar-refractivity contribution in [3.8, 4) is 11.1 Å². The van der Waals surface area contributed by atoms with Gasteiger partial charge in [0, 0.05) is 17.8 Å². The third-order valence-electron chi connectivity index (χ3n) is 3.33. The molecule has 0 aliphatic heterocycles. The first kappa shape index (κ1) is 13.1. The van der Waals surface area contributed by atoms with E-state index in [-0.39, 0.29) is 0 Å². The van der Waals surface area contributed by atoms with Crippen LogP contribution in [0.1, 0.15) is 5.56 Å². The van der Waals surface area contributed by atoms with E-state index in [1.165, 1.54) is 11.5 Å². The number of H-pyrrole nitrogens is 1. The minimum absolute atomic E-state index is 0.544. The zero-order chi connectivity index (χ0) is 14.7. The van der Waals surface area contributed by atoms with Crippen LogP contribution in [0.2, 0.25) is 0 Å². The standard InChI is InChI=1S/C17H14N2O2/c20-17(19-21)8-3-12-1-4-13(5-2-12)14-6-7-16-15(11-14)9-10-18-16/h1-11,18,21H,(H,19,20)/b8-3+. The van der Waals surface area contributed by atoms with Crippen LogP contribution < -0.4 is 5.48 Å². The largest absolute Gasteiger partial charge is 0.361 e. The lowest BCUT2D eigenvalue weighted by Gasteiger charge is -2.03. The summed E-state index contributed by atoms with van der Waals surface area (Å²) in [5.41, 5.74) is 5.83. The Morgan fingerprint density at radius 3 is 2.57 bits per heavy atom. The molecule has 0 unspecified atom stereocenters. The molecule has 0 atom stereocenters. The van der Waals surface area contributed by atoms with E-state index in [1.54, 1.807) is 11.6 Å². The van der Waals surface area contributed by atoms with E-state index in [1.807, 2.05) is 36.5 Å². The number of nitrogens with one attached hydrogen (secondary N) is 2. The number of hydroxylamine groups is 1. The molecule has 0 saturated carbocycles. The normalized spacial score (nSPS) is 11.1. The minimum atomic E-state index is -0.544. The molecular weight excluding hydrogens is 264 g/mol. The highest BCUT2D eigenvalue weighted by Gasteiger charge is 2.00. The number of aromatic nitrogens is 1. The summed E-state index contributed by atoms with van der Waals surface area (Å²) in [7, 11) is 0. The second kappa shape index (κ2) is 5.64. The Hall–Kier alpha value is -2.85. The molecule has 0 saturated heterocycles. The number of fused-ring (bicyclic) bond motifs is 1. The molecule has 0 radical (unpaired) electrons. The van der Waals surface area contributed by atoms with E-state index >= 15 is 0 Å². The second-order valence-electron chi connectivity index (χ2n) is 4.71. The first-order valence-electron chi connectivity index (χ1n) is 6.56. The van der Waals surface area contributed by atoms with Crippen LogP contribution in [0, 0.1) is 0 Å². The number of hydrogen-bond donors (Lipinski definition) is 3. The SMILES string of the molecule is O=C(/C=C/c1ccc(-c2ccc3[nH]ccc3c2)cc1)NO. The zero-order valence-electron chi connectivity index (χ0n) is 11.2. The van der Waals surface area contributed by atoms with Crippen molar-refractivity contribution in [1.29, 1.82) is 0 Å². The van der Waals surface area contributed by atoms with Crippen LogP contribution in [0.5, 0.6) is 0 Å². The molecule has 21 heavy (non-hydrogen) atoms. The van der Waals surface area contributed by atoms with Gasteiger partial charge in [-0.15, -0.1) is 0 Å². The third-order valence-corrected chi connectivity index (χ3v) is 3.33. The van der Waals surface area contributed by atoms with Gasteiger partial charge in [0.2, 0.25) is 0 Å². The van der Waals surface area contributed by atoms with Crippen molar-refractivity contribution in [3.63, 3.8) is 0 Å². The van der Waals surface area contributed by atoms with Gasteiger partial charge in [0.15, 0.2) is 0 Å². The summed E-state index contributed by atoms with van der Waals surface area (Å²) in [6.45, 7) is 0. The van der Waals surface area contributed by atoms with E-state index in [0.29, 0.717) is 0 Å². The summed E-state index contributed by atoms with van der Waals surface area (Å²) in [6.07, 6.45) is 4.85. The van der Waals surface area contributed by atoms with Crippen molar-refractivity contribution in [2.45, 2.75) is 0 Å². The molecule has 3 N–H and O–H groups in total. The molecule has 0 aliphatic rings. The van der Waals surface area contributed by atoms with Gasteiger partial charge >= 0.3 is 0 Å². The van der Waals surface area contributed by atoms with Crippen LogP contribution in [0.3, 0.4) is 0 Å². The first-order chi connectivity index (χ1) is 10.3. The number of aromatic amines is 1. The second-order valence-corrected chi connectivity index (χ2v) is 4.71. The van der Waals surface area contributed by atoms with Gasteiger partial charge in [-0.3, -0.25) is 10.0 Å². The maximum atomic E-state index is 10.9. The Kier molecular flexibility index (Phi) is 3.53. The molecular formula is C17H14N2O2. The Balaban J connectivity index is 1.86. The van der Waals surface area contributed by atoms with E-state index in [0.717, 1.165) is 22.2 Å². The van der Waals surface area contributed by atoms with Gasteiger partial charge in [-0.05, 0) is 46.4 Å². The van der Waals surface area contributed by atoms with Crippen molar-refractivity contribution >= 4 is 22.9 Å². The first-order valence-corrected chi connectivity index (χ1v) is 6.56. The quantitative estimate of drug-likeness (QED) is 0.391. The van der Waals surface area contributed by atoms with Gasteiger partial charge in [-0.2, -0.15) is 0 Å². The number of hydrogen-bond acceptors (Lipinski definition) is 2. The van der Waals surface area contributed by atoms with Gasteiger partial charge in [0.05, 0.1) is 0 Å². The Morgan fingerprint density at radius 2 is 1.81 bits per heavy atom. The molecule has 0 bridgehead atoms. The van der Waals surface area contributed by atoms with Crippen molar-refractivity contribution < 1.29 is 10.0 Å². The van der Waals surface area contributed by atoms with Crippen molar-refractivity contribution in [3.05, 3.63) is 66.4 Å². The summed E-state index contributed by atoms with van der Waals surface area (Å²) in [4.78, 5) is 14.1. The number of carbonyl (C=O) groups excluding carboxylic acids is 1. The number of benzene rings is 2. The lowest BCUT2D eigenvalue weighted by atomic mass is 10.0. The molecule has 0 spiro atoms. The van der Waals surface area contributed by atoms with Crippen LogP contribution in [-0.4, -0.2) is 16.1 Å². The van der Waals surface area contributed by atoms with E-state index in [4.69, 9.17) is 5.21 Å². The molecule has 1 amide bonds. The van der Waals surface area contributed by atoms with Crippen molar-refractivity contribution in [2.75, 3.05) is 0 Å². The third kappa shape index (κ3) is 2.85. The number of rotatable bonds is 3. The summed E-state index contributed by atoms with van der Waals surface area (Å²) in [5.74, 6) is -0.544. The maximum absolute atomic E-state index is 10.9. The molecule has 3 aromatic rings. The highest BCUT2D eigenvalue weighted by atomic mass is 16.5. The van der Waals surface area contributed by atoms with Gasteiger partial charge in [0.1, 0.15) is 0 Å². The predicted octanol–water partition coefficient (Wildman–Crippen LogP) is 3.35. The predicted molar refractivity (Wildman–Crippen MR) is 82.7 cm³/mol. The average Bonchev–Trinajstić information content (AvgIpc) is 3.00. The van der Waals surface area contributed by atoms with Gasteiger partial charge in [-0.1, -0.05) is 30.3 Å². The summed E-state index contributed by atoms with van der Waals surface area (Å²) in [6, 6.07) is 16.2. The summed E-state index contributed by atoms with van der Waals surface area (Å²) < 4.78 is 0. The number of carbonyl (C=O) groups is 1. The smallest absolute Gasteiger partial charge is 0.267 e.